The molecule has 0 aliphatic carbocycles. The number of nitrogens with zero attached hydrogens (tertiary/aromatic N) is 2. The zero-order chi connectivity index (χ0) is 17.9. The van der Waals surface area contributed by atoms with Crippen LogP contribution in [0.2, 0.25) is 0 Å². The summed E-state index contributed by atoms with van der Waals surface area (Å²) < 4.78 is 0. The van der Waals surface area contributed by atoms with Gasteiger partial charge in [-0.1, -0.05) is 42.5 Å². The number of para-hydroxylation sites is 1. The van der Waals surface area contributed by atoms with Crippen molar-refractivity contribution < 1.29 is 9.90 Å². The molecular formula is C20H22N2O2. The molecule has 124 valence electrons. The van der Waals surface area contributed by atoms with Gasteiger partial charge in [0.1, 0.15) is 0 Å². The topological polar surface area (TPSA) is 64.3 Å². The van der Waals surface area contributed by atoms with Gasteiger partial charge in [0.15, 0.2) is 0 Å². The van der Waals surface area contributed by atoms with E-state index in [1.165, 1.54) is 4.90 Å². The monoisotopic (exact) mass is 322 g/mol. The summed E-state index contributed by atoms with van der Waals surface area (Å²) in [6, 6.07) is 17.3. The van der Waals surface area contributed by atoms with Crippen LogP contribution in [0.5, 0.6) is 0 Å². The van der Waals surface area contributed by atoms with Gasteiger partial charge in [0.25, 0.3) is 0 Å². The molecule has 1 atom stereocenters. The number of rotatable bonds is 3. The van der Waals surface area contributed by atoms with Crippen molar-refractivity contribution in [1.29, 1.82) is 5.26 Å². The molecule has 0 fully saturated rings. The van der Waals surface area contributed by atoms with E-state index in [4.69, 9.17) is 0 Å². The minimum absolute atomic E-state index is 0.276. The van der Waals surface area contributed by atoms with E-state index in [-0.39, 0.29) is 5.92 Å². The van der Waals surface area contributed by atoms with Gasteiger partial charge in [0.2, 0.25) is 0 Å². The molecule has 24 heavy (non-hydrogen) atoms. The van der Waals surface area contributed by atoms with Gasteiger partial charge in [0.05, 0.1) is 17.7 Å². The molecule has 1 N–H and O–H groups in total. The average Bonchev–Trinajstić information content (AvgIpc) is 2.53. The summed E-state index contributed by atoms with van der Waals surface area (Å²) in [7, 11) is 0. The SMILES string of the molecule is CC(C#N)c1ccccc1-c1ccccc1N(C(=O)O)C(C)(C)C. The van der Waals surface area contributed by atoms with Crippen molar-refractivity contribution in [3.63, 3.8) is 0 Å². The second kappa shape index (κ2) is 6.76. The number of hydrogen-bond acceptors (Lipinski definition) is 2. The fraction of sp³-hybridized carbons (Fsp3) is 0.300. The van der Waals surface area contributed by atoms with E-state index < -0.39 is 11.6 Å². The first-order valence-electron chi connectivity index (χ1n) is 7.88. The molecule has 0 radical (unpaired) electrons. The summed E-state index contributed by atoms with van der Waals surface area (Å²) in [5, 5.41) is 19.0. The molecule has 0 aliphatic heterocycles. The first-order valence-corrected chi connectivity index (χ1v) is 7.88. The highest BCUT2D eigenvalue weighted by molar-refractivity contribution is 5.94. The third-order valence-electron chi connectivity index (χ3n) is 3.92. The number of carbonyl (C=O) groups is 1. The van der Waals surface area contributed by atoms with Gasteiger partial charge in [-0.15, -0.1) is 0 Å². The molecule has 0 saturated heterocycles. The maximum Gasteiger partial charge on any atom is 0.412 e. The lowest BCUT2D eigenvalue weighted by Gasteiger charge is -2.34. The molecule has 0 bridgehead atoms. The Morgan fingerprint density at radius 1 is 1.08 bits per heavy atom. The molecule has 1 amide bonds. The van der Waals surface area contributed by atoms with Crippen LogP contribution < -0.4 is 4.90 Å². The third kappa shape index (κ3) is 3.41. The minimum atomic E-state index is -0.999. The summed E-state index contributed by atoms with van der Waals surface area (Å²) in [4.78, 5) is 13.2. The van der Waals surface area contributed by atoms with Crippen molar-refractivity contribution in [2.24, 2.45) is 0 Å². The first-order chi connectivity index (χ1) is 11.3. The van der Waals surface area contributed by atoms with Crippen LogP contribution in [0.15, 0.2) is 48.5 Å². The molecule has 0 aromatic heterocycles. The van der Waals surface area contributed by atoms with Crippen LogP contribution >= 0.6 is 0 Å². The fourth-order valence-corrected chi connectivity index (χ4v) is 2.84. The highest BCUT2D eigenvalue weighted by Gasteiger charge is 2.30. The van der Waals surface area contributed by atoms with Crippen LogP contribution in [0.25, 0.3) is 11.1 Å². The predicted octanol–water partition coefficient (Wildman–Crippen LogP) is 5.26. The van der Waals surface area contributed by atoms with E-state index >= 15 is 0 Å². The fourth-order valence-electron chi connectivity index (χ4n) is 2.84. The Kier molecular flexibility index (Phi) is 4.94. The molecular weight excluding hydrogens is 300 g/mol. The quantitative estimate of drug-likeness (QED) is 0.838. The summed E-state index contributed by atoms with van der Waals surface area (Å²) in [5.41, 5.74) is 2.63. The molecule has 4 heteroatoms. The Hall–Kier alpha value is -2.80. The van der Waals surface area contributed by atoms with Crippen LogP contribution in [-0.4, -0.2) is 16.7 Å². The number of amides is 1. The van der Waals surface area contributed by atoms with Crippen LogP contribution in [0.3, 0.4) is 0 Å². The zero-order valence-electron chi connectivity index (χ0n) is 14.4. The molecule has 0 aliphatic rings. The number of hydrogen-bond donors (Lipinski definition) is 1. The number of anilines is 1. The molecule has 0 spiro atoms. The molecule has 4 nitrogen and oxygen atoms in total. The largest absolute Gasteiger partial charge is 0.465 e. The second-order valence-electron chi connectivity index (χ2n) is 6.74. The van der Waals surface area contributed by atoms with E-state index in [1.54, 1.807) is 0 Å². The van der Waals surface area contributed by atoms with Crippen LogP contribution in [0.1, 0.15) is 39.2 Å². The van der Waals surface area contributed by atoms with E-state index in [9.17, 15) is 15.2 Å². The lowest BCUT2D eigenvalue weighted by Crippen LogP contribution is -2.45. The van der Waals surface area contributed by atoms with Crippen LogP contribution in [0, 0.1) is 11.3 Å². The molecule has 2 aromatic carbocycles. The Bertz CT molecular complexity index is 785. The molecule has 2 rings (SSSR count). The van der Waals surface area contributed by atoms with Crippen molar-refractivity contribution in [2.75, 3.05) is 4.90 Å². The van der Waals surface area contributed by atoms with Gasteiger partial charge in [-0.2, -0.15) is 5.26 Å². The van der Waals surface area contributed by atoms with Crippen molar-refractivity contribution in [3.05, 3.63) is 54.1 Å². The Morgan fingerprint density at radius 2 is 1.62 bits per heavy atom. The van der Waals surface area contributed by atoms with Gasteiger partial charge in [0, 0.05) is 11.1 Å². The van der Waals surface area contributed by atoms with Crippen molar-refractivity contribution >= 4 is 11.8 Å². The van der Waals surface area contributed by atoms with Gasteiger partial charge in [-0.05, 0) is 44.9 Å². The highest BCUT2D eigenvalue weighted by atomic mass is 16.4. The van der Waals surface area contributed by atoms with Gasteiger partial charge < -0.3 is 5.11 Å². The maximum atomic E-state index is 11.9. The highest BCUT2D eigenvalue weighted by Crippen LogP contribution is 2.38. The minimum Gasteiger partial charge on any atom is -0.465 e. The summed E-state index contributed by atoms with van der Waals surface area (Å²) in [5.74, 6) is -0.276. The third-order valence-corrected chi connectivity index (χ3v) is 3.92. The van der Waals surface area contributed by atoms with E-state index in [1.807, 2.05) is 76.2 Å². The second-order valence-corrected chi connectivity index (χ2v) is 6.74. The Balaban J connectivity index is 2.72. The van der Waals surface area contributed by atoms with Gasteiger partial charge >= 0.3 is 6.09 Å². The molecule has 0 heterocycles. The lowest BCUT2D eigenvalue weighted by molar-refractivity contribution is 0.195. The predicted molar refractivity (Wildman–Crippen MR) is 96.2 cm³/mol. The van der Waals surface area contributed by atoms with E-state index in [2.05, 4.69) is 6.07 Å². The van der Waals surface area contributed by atoms with Gasteiger partial charge in [-0.25, -0.2) is 4.79 Å². The molecule has 1 unspecified atom stereocenters. The summed E-state index contributed by atoms with van der Waals surface area (Å²) in [6.45, 7) is 7.44. The van der Waals surface area contributed by atoms with Crippen LogP contribution in [0.4, 0.5) is 10.5 Å². The van der Waals surface area contributed by atoms with Gasteiger partial charge in [-0.3, -0.25) is 4.90 Å². The normalized spacial score (nSPS) is 12.3. The number of nitriles is 1. The summed E-state index contributed by atoms with van der Waals surface area (Å²) in [6.07, 6.45) is -0.999. The molecule has 2 aromatic rings. The van der Waals surface area contributed by atoms with Crippen molar-refractivity contribution in [1.82, 2.24) is 0 Å². The van der Waals surface area contributed by atoms with E-state index in [0.717, 1.165) is 16.7 Å². The summed E-state index contributed by atoms with van der Waals surface area (Å²) >= 11 is 0. The zero-order valence-corrected chi connectivity index (χ0v) is 14.4. The molecule has 0 saturated carbocycles. The standard InChI is InChI=1S/C20H22N2O2/c1-14(13-21)15-9-5-6-10-16(15)17-11-7-8-12-18(17)22(19(23)24)20(2,3)4/h5-12,14H,1-4H3,(H,23,24). The van der Waals surface area contributed by atoms with Crippen molar-refractivity contribution in [2.45, 2.75) is 39.2 Å². The maximum absolute atomic E-state index is 11.9. The Labute approximate surface area is 143 Å². The smallest absolute Gasteiger partial charge is 0.412 e. The number of benzene rings is 2. The number of carboxylic acid groups (broad SMARTS) is 1. The first kappa shape index (κ1) is 17.6. The Morgan fingerprint density at radius 3 is 2.17 bits per heavy atom. The lowest BCUT2D eigenvalue weighted by atomic mass is 9.90. The van der Waals surface area contributed by atoms with E-state index in [0.29, 0.717) is 5.69 Å². The van der Waals surface area contributed by atoms with Crippen molar-refractivity contribution in [3.8, 4) is 17.2 Å². The average molecular weight is 322 g/mol. The van der Waals surface area contributed by atoms with Crippen LogP contribution in [-0.2, 0) is 0 Å².